The summed E-state index contributed by atoms with van der Waals surface area (Å²) in [6, 6.07) is 7.42. The molecule has 0 amide bonds. The fourth-order valence-corrected chi connectivity index (χ4v) is 9.83. The zero-order valence-corrected chi connectivity index (χ0v) is 23.0. The third-order valence-corrected chi connectivity index (χ3v) is 11.7. The van der Waals surface area contributed by atoms with Crippen molar-refractivity contribution >= 4 is 10.8 Å². The molecule has 3 aliphatic carbocycles. The van der Waals surface area contributed by atoms with Crippen molar-refractivity contribution in [1.29, 1.82) is 0 Å². The first-order chi connectivity index (χ1) is 19.6. The van der Waals surface area contributed by atoms with Crippen molar-refractivity contribution in [3.63, 3.8) is 0 Å². The molecule has 2 saturated carbocycles. The Balaban J connectivity index is 1.19. The van der Waals surface area contributed by atoms with Crippen LogP contribution in [-0.4, -0.2) is 107 Å². The van der Waals surface area contributed by atoms with Gasteiger partial charge in [-0.25, -0.2) is 0 Å². The molecule has 2 spiro atoms. The van der Waals surface area contributed by atoms with Gasteiger partial charge in [-0.3, -0.25) is 9.88 Å². The van der Waals surface area contributed by atoms with E-state index in [4.69, 9.17) is 4.74 Å². The molecule has 5 unspecified atom stereocenters. The van der Waals surface area contributed by atoms with Crippen LogP contribution >= 0.6 is 0 Å². The second-order valence-electron chi connectivity index (χ2n) is 13.6. The fourth-order valence-electron chi connectivity index (χ4n) is 9.83. The highest BCUT2D eigenvalue weighted by Gasteiger charge is 2.72. The van der Waals surface area contributed by atoms with Gasteiger partial charge < -0.3 is 35.4 Å². The van der Waals surface area contributed by atoms with Gasteiger partial charge in [0.15, 0.2) is 0 Å². The Kier molecular flexibility index (Phi) is 5.59. The van der Waals surface area contributed by atoms with E-state index in [2.05, 4.69) is 36.2 Å². The second-order valence-corrected chi connectivity index (χ2v) is 13.6. The summed E-state index contributed by atoms with van der Waals surface area (Å²) in [7, 11) is 0. The third-order valence-electron chi connectivity index (χ3n) is 11.7. The molecule has 6 N–H and O–H groups in total. The molecule has 218 valence electrons. The van der Waals surface area contributed by atoms with Gasteiger partial charge in [-0.2, -0.15) is 0 Å². The van der Waals surface area contributed by atoms with Gasteiger partial charge in [-0.05, 0) is 65.3 Å². The van der Waals surface area contributed by atoms with Crippen LogP contribution in [0.25, 0.3) is 10.8 Å². The summed E-state index contributed by atoms with van der Waals surface area (Å²) in [5.74, 6) is -0.138. The Hall–Kier alpha value is -2.21. The average molecular weight is 563 g/mol. The summed E-state index contributed by atoms with van der Waals surface area (Å²) in [5.41, 5.74) is 0.294. The molecule has 4 fully saturated rings. The van der Waals surface area contributed by atoms with Crippen LogP contribution in [0.3, 0.4) is 0 Å². The van der Waals surface area contributed by atoms with E-state index in [0.29, 0.717) is 24.8 Å². The summed E-state index contributed by atoms with van der Waals surface area (Å²) in [6.07, 6.45) is 3.86. The number of ether oxygens (including phenoxy) is 1. The first kappa shape index (κ1) is 26.4. The monoisotopic (exact) mass is 562 g/mol. The number of β-amino-alcohol motifs (C(OH)–C–C–N with tert-alkyl or cyclic N) is 2. The van der Waals surface area contributed by atoms with Gasteiger partial charge in [0.1, 0.15) is 23.9 Å². The first-order valence-corrected chi connectivity index (χ1v) is 14.9. The number of rotatable bonds is 2. The molecule has 3 aliphatic heterocycles. The molecule has 8 rings (SSSR count). The van der Waals surface area contributed by atoms with E-state index in [0.717, 1.165) is 28.3 Å². The van der Waals surface area contributed by atoms with Crippen LogP contribution in [-0.2, 0) is 4.74 Å². The second kappa shape index (κ2) is 8.67. The van der Waals surface area contributed by atoms with E-state index in [1.54, 1.807) is 11.1 Å². The van der Waals surface area contributed by atoms with Crippen LogP contribution in [0, 0.1) is 11.3 Å². The Morgan fingerprint density at radius 2 is 1.68 bits per heavy atom. The van der Waals surface area contributed by atoms with Crippen molar-refractivity contribution < 1.29 is 35.4 Å². The Morgan fingerprint density at radius 3 is 2.46 bits per heavy atom. The minimum absolute atomic E-state index is 0.0261. The van der Waals surface area contributed by atoms with Crippen molar-refractivity contribution in [1.82, 2.24) is 9.88 Å². The molecule has 2 bridgehead atoms. The number of aromatic nitrogens is 1. The standard InChI is InChI=1S/C32H38N2O7/c1-30-6-4-19-11-20-27(38)28(39)26(34-14-22(36)23(37)15-34)29(40)32(20)8-7-31(19,41-32)24(30)12-21(35)25(30)17-3-2-16-5-9-33-13-18(16)10-17/h2-5,9-11,13,21-29,35-40H,6-8,12,14-15H2,1H3/t21-,22+,23+,24-,25?,26-,27?,28?,29?,30+,31?,32+/m1/s1. The smallest absolute Gasteiger partial charge is 0.121 e. The maximum absolute atomic E-state index is 11.9. The van der Waals surface area contributed by atoms with Crippen molar-refractivity contribution in [2.45, 2.75) is 92.4 Å². The highest BCUT2D eigenvalue weighted by Crippen LogP contribution is 2.69. The summed E-state index contributed by atoms with van der Waals surface area (Å²) < 4.78 is 7.11. The summed E-state index contributed by atoms with van der Waals surface area (Å²) in [5, 5.41) is 68.7. The molecule has 1 aromatic carbocycles. The van der Waals surface area contributed by atoms with Crippen molar-refractivity contribution in [2.75, 3.05) is 13.1 Å². The molecule has 1 aromatic heterocycles. The van der Waals surface area contributed by atoms with Crippen LogP contribution in [0.1, 0.15) is 44.1 Å². The molecule has 2 saturated heterocycles. The zero-order chi connectivity index (χ0) is 28.5. The van der Waals surface area contributed by atoms with E-state index in [9.17, 15) is 30.6 Å². The molecule has 9 heteroatoms. The number of nitrogens with zero attached hydrogens (tertiary/aromatic N) is 2. The number of likely N-dealkylation sites (tertiary alicyclic amines) is 1. The number of aliphatic hydroxyl groups is 6. The Bertz CT molecular complexity index is 1470. The summed E-state index contributed by atoms with van der Waals surface area (Å²) >= 11 is 0. The number of allylic oxidation sites excluding steroid dienone is 1. The normalized spacial score (nSPS) is 48.9. The topological polar surface area (TPSA) is 147 Å². The minimum Gasteiger partial charge on any atom is -0.392 e. The molecule has 41 heavy (non-hydrogen) atoms. The summed E-state index contributed by atoms with van der Waals surface area (Å²) in [6.45, 7) is 2.43. The predicted molar refractivity (Wildman–Crippen MR) is 149 cm³/mol. The van der Waals surface area contributed by atoms with Crippen LogP contribution in [0.15, 0.2) is 60.0 Å². The lowest BCUT2D eigenvalue weighted by atomic mass is 9.58. The van der Waals surface area contributed by atoms with Gasteiger partial charge in [0.2, 0.25) is 0 Å². The Labute approximate surface area is 238 Å². The van der Waals surface area contributed by atoms with Gasteiger partial charge in [-0.15, -0.1) is 0 Å². The summed E-state index contributed by atoms with van der Waals surface area (Å²) in [4.78, 5) is 5.96. The molecular formula is C32H38N2O7. The number of aliphatic hydroxyl groups excluding tert-OH is 6. The molecule has 4 heterocycles. The highest BCUT2D eigenvalue weighted by molar-refractivity contribution is 5.82. The van der Waals surface area contributed by atoms with Gasteiger partial charge in [-0.1, -0.05) is 31.2 Å². The lowest BCUT2D eigenvalue weighted by molar-refractivity contribution is -0.215. The average Bonchev–Trinajstić information content (AvgIpc) is 3.56. The molecule has 9 nitrogen and oxygen atoms in total. The molecule has 6 aliphatic rings. The van der Waals surface area contributed by atoms with Gasteiger partial charge in [0.25, 0.3) is 0 Å². The SMILES string of the molecule is C[C@]12CC=C3C=C4C(O)C(O)[C@@H](N5C[C@H](O)[C@@H](O)C5)C(O)[C@]45CCC3(O5)[C@@H]1C[C@@H](O)C2c1ccc2ccncc2c1. The van der Waals surface area contributed by atoms with E-state index >= 15 is 0 Å². The molecular weight excluding hydrogens is 524 g/mol. The van der Waals surface area contributed by atoms with Gasteiger partial charge >= 0.3 is 0 Å². The predicted octanol–water partition coefficient (Wildman–Crippen LogP) is 0.766. The van der Waals surface area contributed by atoms with Crippen LogP contribution < -0.4 is 0 Å². The quantitative estimate of drug-likeness (QED) is 0.312. The number of pyridine rings is 1. The van der Waals surface area contributed by atoms with Crippen molar-refractivity contribution in [2.24, 2.45) is 11.3 Å². The minimum atomic E-state index is -1.30. The molecule has 0 radical (unpaired) electrons. The van der Waals surface area contributed by atoms with Crippen molar-refractivity contribution in [3.05, 3.63) is 65.5 Å². The van der Waals surface area contributed by atoms with E-state index < -0.39 is 53.9 Å². The Morgan fingerprint density at radius 1 is 0.927 bits per heavy atom. The zero-order valence-electron chi connectivity index (χ0n) is 23.0. The molecule has 2 aromatic rings. The van der Waals surface area contributed by atoms with Gasteiger partial charge in [0.05, 0.1) is 30.0 Å². The number of fused-ring (bicyclic) bond motifs is 2. The molecule has 12 atom stereocenters. The van der Waals surface area contributed by atoms with E-state index in [-0.39, 0.29) is 30.3 Å². The fraction of sp³-hybridized carbons (Fsp3) is 0.594. The van der Waals surface area contributed by atoms with Crippen molar-refractivity contribution in [3.8, 4) is 0 Å². The van der Waals surface area contributed by atoms with Crippen LogP contribution in [0.4, 0.5) is 0 Å². The highest BCUT2D eigenvalue weighted by atomic mass is 16.5. The van der Waals surface area contributed by atoms with Gasteiger partial charge in [0, 0.05) is 42.7 Å². The maximum Gasteiger partial charge on any atom is 0.121 e. The number of hydrogen-bond acceptors (Lipinski definition) is 9. The number of benzene rings is 1. The lowest BCUT2D eigenvalue weighted by Gasteiger charge is -2.57. The lowest BCUT2D eigenvalue weighted by Crippen LogP contribution is -2.70. The van der Waals surface area contributed by atoms with Crippen LogP contribution in [0.2, 0.25) is 0 Å². The number of hydrogen-bond donors (Lipinski definition) is 6. The maximum atomic E-state index is 11.9. The first-order valence-electron chi connectivity index (χ1n) is 14.9. The third kappa shape index (κ3) is 3.32. The van der Waals surface area contributed by atoms with E-state index in [1.807, 2.05) is 18.3 Å². The largest absolute Gasteiger partial charge is 0.392 e. The van der Waals surface area contributed by atoms with Crippen LogP contribution in [0.5, 0.6) is 0 Å². The van der Waals surface area contributed by atoms with E-state index in [1.165, 1.54) is 0 Å².